The van der Waals surface area contributed by atoms with Crippen LogP contribution in [-0.2, 0) is 13.6 Å². The van der Waals surface area contributed by atoms with Crippen LogP contribution in [0.5, 0.6) is 0 Å². The first-order chi connectivity index (χ1) is 9.41. The zero-order valence-electron chi connectivity index (χ0n) is 12.2. The summed E-state index contributed by atoms with van der Waals surface area (Å²) < 4.78 is 2.61. The van der Waals surface area contributed by atoms with Crippen LogP contribution >= 0.6 is 11.8 Å². The Kier molecular flexibility index (Phi) is 4.47. The number of nitrogens with two attached hydrogens (primary N) is 1. The highest BCUT2D eigenvalue weighted by molar-refractivity contribution is 7.99. The molecule has 6 nitrogen and oxygen atoms in total. The van der Waals surface area contributed by atoms with E-state index in [0.717, 1.165) is 22.5 Å². The Balaban J connectivity index is 2.47. The summed E-state index contributed by atoms with van der Waals surface area (Å²) in [5, 5.41) is 3.22. The van der Waals surface area contributed by atoms with Crippen molar-refractivity contribution in [3.05, 3.63) is 20.8 Å². The quantitative estimate of drug-likeness (QED) is 0.855. The van der Waals surface area contributed by atoms with E-state index in [0.29, 0.717) is 12.2 Å². The zero-order chi connectivity index (χ0) is 14.9. The lowest BCUT2D eigenvalue weighted by Gasteiger charge is -2.19. The highest BCUT2D eigenvalue weighted by atomic mass is 32.2. The first-order valence-corrected chi connectivity index (χ1v) is 8.00. The molecule has 1 aliphatic rings. The van der Waals surface area contributed by atoms with E-state index in [4.69, 9.17) is 5.73 Å². The number of thioether (sulfide) groups is 1. The molecule has 1 aliphatic heterocycles. The summed E-state index contributed by atoms with van der Waals surface area (Å²) in [5.74, 6) is 2.58. The summed E-state index contributed by atoms with van der Waals surface area (Å²) in [6, 6.07) is 0.250. The molecule has 0 aromatic carbocycles. The van der Waals surface area contributed by atoms with Gasteiger partial charge in [0, 0.05) is 25.4 Å². The Morgan fingerprint density at radius 1 is 1.45 bits per heavy atom. The van der Waals surface area contributed by atoms with Gasteiger partial charge in [-0.15, -0.1) is 0 Å². The van der Waals surface area contributed by atoms with Gasteiger partial charge in [0.05, 0.1) is 0 Å². The maximum Gasteiger partial charge on any atom is 0.332 e. The fourth-order valence-electron chi connectivity index (χ4n) is 2.31. The molecule has 1 fully saturated rings. The van der Waals surface area contributed by atoms with Crippen LogP contribution in [0.25, 0.3) is 0 Å². The van der Waals surface area contributed by atoms with Crippen molar-refractivity contribution in [1.82, 2.24) is 9.13 Å². The van der Waals surface area contributed by atoms with Crippen molar-refractivity contribution in [2.75, 3.05) is 22.6 Å². The summed E-state index contributed by atoms with van der Waals surface area (Å²) in [6.45, 7) is 4.53. The highest BCUT2D eigenvalue weighted by Crippen LogP contribution is 2.22. The molecule has 0 saturated carbocycles. The molecular weight excluding hydrogens is 276 g/mol. The molecule has 1 aromatic rings. The fourth-order valence-corrected chi connectivity index (χ4v) is 3.47. The molecule has 1 saturated heterocycles. The molecule has 0 radical (unpaired) electrons. The Hall–Kier alpha value is -1.37. The Morgan fingerprint density at radius 2 is 2.15 bits per heavy atom. The molecule has 0 aliphatic carbocycles. The molecule has 0 bridgehead atoms. The molecule has 0 amide bonds. The van der Waals surface area contributed by atoms with Crippen molar-refractivity contribution in [1.29, 1.82) is 0 Å². The lowest BCUT2D eigenvalue weighted by molar-refractivity contribution is 0.494. The molecule has 1 aromatic heterocycles. The van der Waals surface area contributed by atoms with Crippen LogP contribution < -0.4 is 22.3 Å². The predicted octanol–water partition coefficient (Wildman–Crippen LogP) is 0.703. The van der Waals surface area contributed by atoms with Gasteiger partial charge in [-0.05, 0) is 18.1 Å². The van der Waals surface area contributed by atoms with Crippen LogP contribution in [0.1, 0.15) is 20.3 Å². The minimum atomic E-state index is -0.354. The summed E-state index contributed by atoms with van der Waals surface area (Å²) in [4.78, 5) is 24.4. The Morgan fingerprint density at radius 3 is 2.70 bits per heavy atom. The number of nitrogen functional groups attached to an aromatic ring is 1. The third-order valence-electron chi connectivity index (χ3n) is 3.41. The number of rotatable bonds is 4. The normalized spacial score (nSPS) is 18.7. The van der Waals surface area contributed by atoms with Gasteiger partial charge < -0.3 is 11.1 Å². The van der Waals surface area contributed by atoms with E-state index in [1.165, 1.54) is 11.6 Å². The second-order valence-corrected chi connectivity index (χ2v) is 6.77. The third kappa shape index (κ3) is 2.87. The lowest BCUT2D eigenvalue weighted by Crippen LogP contribution is -2.42. The van der Waals surface area contributed by atoms with Crippen molar-refractivity contribution in [3.63, 3.8) is 0 Å². The second kappa shape index (κ2) is 5.95. The molecule has 3 N–H and O–H groups in total. The van der Waals surface area contributed by atoms with Crippen LogP contribution in [0.15, 0.2) is 9.59 Å². The van der Waals surface area contributed by atoms with Gasteiger partial charge in [0.25, 0.3) is 5.56 Å². The van der Waals surface area contributed by atoms with Crippen molar-refractivity contribution >= 4 is 23.3 Å². The number of nitrogens with zero attached hydrogens (tertiary/aromatic N) is 2. The van der Waals surface area contributed by atoms with Crippen molar-refractivity contribution in [2.24, 2.45) is 13.0 Å². The minimum Gasteiger partial charge on any atom is -0.383 e. The van der Waals surface area contributed by atoms with E-state index >= 15 is 0 Å². The third-order valence-corrected chi connectivity index (χ3v) is 4.57. The van der Waals surface area contributed by atoms with Crippen LogP contribution in [0.2, 0.25) is 0 Å². The van der Waals surface area contributed by atoms with Gasteiger partial charge in [-0.3, -0.25) is 13.9 Å². The molecule has 1 atom stereocenters. The van der Waals surface area contributed by atoms with E-state index in [1.807, 2.05) is 25.6 Å². The van der Waals surface area contributed by atoms with Gasteiger partial charge in [0.2, 0.25) is 0 Å². The minimum absolute atomic E-state index is 0.250. The SMILES string of the molecule is CC(C)Cn1c(N)c(NC2CCSC2)c(=O)n(C)c1=O. The van der Waals surface area contributed by atoms with E-state index in [-0.39, 0.29) is 29.0 Å². The van der Waals surface area contributed by atoms with Gasteiger partial charge in [-0.1, -0.05) is 13.8 Å². The van der Waals surface area contributed by atoms with Gasteiger partial charge in [-0.2, -0.15) is 11.8 Å². The topological polar surface area (TPSA) is 82.0 Å². The van der Waals surface area contributed by atoms with Crippen LogP contribution in [0, 0.1) is 5.92 Å². The van der Waals surface area contributed by atoms with Crippen molar-refractivity contribution in [3.8, 4) is 0 Å². The van der Waals surface area contributed by atoms with E-state index < -0.39 is 0 Å². The van der Waals surface area contributed by atoms with Gasteiger partial charge in [0.1, 0.15) is 11.5 Å². The standard InChI is InChI=1S/C13H22N4O2S/c1-8(2)6-17-11(14)10(12(18)16(3)13(17)19)15-9-4-5-20-7-9/h8-9,15H,4-7,14H2,1-3H3. The molecule has 1 unspecified atom stereocenters. The smallest absolute Gasteiger partial charge is 0.332 e. The molecule has 0 spiro atoms. The zero-order valence-corrected chi connectivity index (χ0v) is 13.0. The first-order valence-electron chi connectivity index (χ1n) is 6.85. The number of aromatic nitrogens is 2. The van der Waals surface area contributed by atoms with Crippen LogP contribution in [0.4, 0.5) is 11.5 Å². The van der Waals surface area contributed by atoms with E-state index in [9.17, 15) is 9.59 Å². The average molecular weight is 298 g/mol. The highest BCUT2D eigenvalue weighted by Gasteiger charge is 2.21. The van der Waals surface area contributed by atoms with E-state index in [1.54, 1.807) is 0 Å². The maximum absolute atomic E-state index is 12.2. The Bertz CT molecular complexity index is 600. The number of hydrogen-bond acceptors (Lipinski definition) is 5. The summed E-state index contributed by atoms with van der Waals surface area (Å²) >= 11 is 1.85. The number of hydrogen-bond donors (Lipinski definition) is 2. The average Bonchev–Trinajstić information content (AvgIpc) is 2.90. The predicted molar refractivity (Wildman–Crippen MR) is 84.5 cm³/mol. The number of anilines is 2. The van der Waals surface area contributed by atoms with Crippen LogP contribution in [-0.4, -0.2) is 26.7 Å². The fraction of sp³-hybridized carbons (Fsp3) is 0.692. The summed E-state index contributed by atoms with van der Waals surface area (Å²) in [7, 11) is 1.50. The van der Waals surface area contributed by atoms with Crippen molar-refractivity contribution < 1.29 is 0 Å². The van der Waals surface area contributed by atoms with Crippen molar-refractivity contribution in [2.45, 2.75) is 32.9 Å². The van der Waals surface area contributed by atoms with Crippen LogP contribution in [0.3, 0.4) is 0 Å². The summed E-state index contributed by atoms with van der Waals surface area (Å²) in [5.41, 5.74) is 5.72. The molecule has 112 valence electrons. The molecule has 20 heavy (non-hydrogen) atoms. The largest absolute Gasteiger partial charge is 0.383 e. The monoisotopic (exact) mass is 298 g/mol. The second-order valence-electron chi connectivity index (χ2n) is 5.62. The van der Waals surface area contributed by atoms with E-state index in [2.05, 4.69) is 5.32 Å². The molecule has 2 heterocycles. The summed E-state index contributed by atoms with van der Waals surface area (Å²) in [6.07, 6.45) is 1.01. The van der Waals surface area contributed by atoms with Gasteiger partial charge in [0.15, 0.2) is 0 Å². The molecule has 7 heteroatoms. The maximum atomic E-state index is 12.2. The van der Waals surface area contributed by atoms with Gasteiger partial charge in [-0.25, -0.2) is 4.79 Å². The lowest BCUT2D eigenvalue weighted by atomic mass is 10.2. The number of nitrogens with one attached hydrogen (secondary N) is 1. The van der Waals surface area contributed by atoms with Gasteiger partial charge >= 0.3 is 5.69 Å². The first kappa shape index (κ1) is 15.0. The Labute approximate surface area is 122 Å². The molecular formula is C13H22N4O2S. The molecule has 2 rings (SSSR count).